The zero-order valence-corrected chi connectivity index (χ0v) is 14.5. The summed E-state index contributed by atoms with van der Waals surface area (Å²) in [6.07, 6.45) is 0. The van der Waals surface area contributed by atoms with Crippen LogP contribution in [0.25, 0.3) is 0 Å². The van der Waals surface area contributed by atoms with Gasteiger partial charge in [0.25, 0.3) is 0 Å². The van der Waals surface area contributed by atoms with E-state index in [1.54, 1.807) is 7.05 Å². The number of rotatable bonds is 5. The van der Waals surface area contributed by atoms with Gasteiger partial charge in [-0.05, 0) is 38.5 Å². The molecular weight excluding hydrogens is 318 g/mol. The molecule has 0 spiro atoms. The highest BCUT2D eigenvalue weighted by molar-refractivity contribution is 9.10. The molecule has 0 saturated heterocycles. The van der Waals surface area contributed by atoms with Gasteiger partial charge < -0.3 is 15.5 Å². The third-order valence-corrected chi connectivity index (χ3v) is 3.68. The largest absolute Gasteiger partial charge is 0.365 e. The van der Waals surface area contributed by atoms with Gasteiger partial charge in [-0.1, -0.05) is 22.0 Å². The minimum absolute atomic E-state index is 0.00194. The van der Waals surface area contributed by atoms with Crippen LogP contribution >= 0.6 is 15.9 Å². The SMILES string of the molecule is CNC(=O)CN(C)c1ccc(CNC(C)(C)C)c(Br)c1. The maximum absolute atomic E-state index is 11.4. The molecule has 1 rings (SSSR count). The van der Waals surface area contributed by atoms with Crippen molar-refractivity contribution < 1.29 is 4.79 Å². The second kappa shape index (κ2) is 7.09. The molecule has 0 heterocycles. The molecule has 0 aromatic heterocycles. The summed E-state index contributed by atoms with van der Waals surface area (Å²) in [6.45, 7) is 7.59. The lowest BCUT2D eigenvalue weighted by Gasteiger charge is -2.22. The Kier molecular flexibility index (Phi) is 6.02. The second-order valence-corrected chi connectivity index (χ2v) is 6.76. The molecule has 0 bridgehead atoms. The summed E-state index contributed by atoms with van der Waals surface area (Å²) in [6, 6.07) is 6.16. The lowest BCUT2D eigenvalue weighted by atomic mass is 10.1. The van der Waals surface area contributed by atoms with Gasteiger partial charge in [0.15, 0.2) is 0 Å². The number of nitrogens with zero attached hydrogens (tertiary/aromatic N) is 1. The zero-order chi connectivity index (χ0) is 15.3. The van der Waals surface area contributed by atoms with Gasteiger partial charge in [0.2, 0.25) is 5.91 Å². The number of halogens is 1. The van der Waals surface area contributed by atoms with E-state index < -0.39 is 0 Å². The fourth-order valence-electron chi connectivity index (χ4n) is 1.66. The van der Waals surface area contributed by atoms with Gasteiger partial charge in [-0.25, -0.2) is 0 Å². The molecule has 1 aromatic carbocycles. The lowest BCUT2D eigenvalue weighted by molar-refractivity contribution is -0.119. The van der Waals surface area contributed by atoms with E-state index in [9.17, 15) is 4.79 Å². The fourth-order valence-corrected chi connectivity index (χ4v) is 2.17. The highest BCUT2D eigenvalue weighted by atomic mass is 79.9. The number of carbonyl (C=O) groups excluding carboxylic acids is 1. The summed E-state index contributed by atoms with van der Waals surface area (Å²) in [4.78, 5) is 13.3. The van der Waals surface area contributed by atoms with E-state index in [0.29, 0.717) is 6.54 Å². The summed E-state index contributed by atoms with van der Waals surface area (Å²) >= 11 is 3.60. The van der Waals surface area contributed by atoms with E-state index in [0.717, 1.165) is 16.7 Å². The molecule has 5 heteroatoms. The monoisotopic (exact) mass is 341 g/mol. The molecule has 0 saturated carbocycles. The van der Waals surface area contributed by atoms with Crippen molar-refractivity contribution in [2.75, 3.05) is 25.5 Å². The first-order valence-electron chi connectivity index (χ1n) is 6.68. The van der Waals surface area contributed by atoms with E-state index in [4.69, 9.17) is 0 Å². The first-order chi connectivity index (χ1) is 9.23. The predicted molar refractivity (Wildman–Crippen MR) is 88.1 cm³/mol. The summed E-state index contributed by atoms with van der Waals surface area (Å²) in [5, 5.41) is 6.09. The van der Waals surface area contributed by atoms with Crippen LogP contribution < -0.4 is 15.5 Å². The van der Waals surface area contributed by atoms with Crippen LogP contribution in [-0.4, -0.2) is 32.1 Å². The molecule has 112 valence electrons. The second-order valence-electron chi connectivity index (χ2n) is 5.91. The average Bonchev–Trinajstić information content (AvgIpc) is 2.35. The van der Waals surface area contributed by atoms with Crippen molar-refractivity contribution in [2.24, 2.45) is 0 Å². The molecule has 0 radical (unpaired) electrons. The molecule has 0 fully saturated rings. The normalized spacial score (nSPS) is 11.3. The third-order valence-electron chi connectivity index (χ3n) is 2.95. The Morgan fingerprint density at radius 1 is 1.35 bits per heavy atom. The summed E-state index contributed by atoms with van der Waals surface area (Å²) in [5.74, 6) is 0.00194. The van der Waals surface area contributed by atoms with Crippen LogP contribution in [0.5, 0.6) is 0 Å². The smallest absolute Gasteiger partial charge is 0.239 e. The van der Waals surface area contributed by atoms with Crippen LogP contribution in [0.3, 0.4) is 0 Å². The lowest BCUT2D eigenvalue weighted by Crippen LogP contribution is -2.35. The first-order valence-corrected chi connectivity index (χ1v) is 7.47. The maximum Gasteiger partial charge on any atom is 0.239 e. The van der Waals surface area contributed by atoms with E-state index in [1.807, 2.05) is 24.1 Å². The Bertz CT molecular complexity index is 469. The minimum Gasteiger partial charge on any atom is -0.365 e. The third kappa shape index (κ3) is 5.51. The van der Waals surface area contributed by atoms with Crippen molar-refractivity contribution in [2.45, 2.75) is 32.9 Å². The number of amides is 1. The Balaban J connectivity index is 2.74. The van der Waals surface area contributed by atoms with Crippen LogP contribution in [-0.2, 0) is 11.3 Å². The molecule has 0 unspecified atom stereocenters. The summed E-state index contributed by atoms with van der Waals surface area (Å²) in [7, 11) is 3.55. The molecule has 0 aliphatic rings. The van der Waals surface area contributed by atoms with E-state index >= 15 is 0 Å². The molecular formula is C15H24BrN3O. The summed E-state index contributed by atoms with van der Waals surface area (Å²) < 4.78 is 1.05. The average molecular weight is 342 g/mol. The Hall–Kier alpha value is -1.07. The molecule has 4 nitrogen and oxygen atoms in total. The molecule has 1 aromatic rings. The predicted octanol–water partition coefficient (Wildman–Crippen LogP) is 2.52. The zero-order valence-electron chi connectivity index (χ0n) is 12.9. The van der Waals surface area contributed by atoms with Crippen molar-refractivity contribution in [3.05, 3.63) is 28.2 Å². The van der Waals surface area contributed by atoms with Crippen molar-refractivity contribution in [1.82, 2.24) is 10.6 Å². The topological polar surface area (TPSA) is 44.4 Å². The number of benzene rings is 1. The minimum atomic E-state index is 0.00194. The summed E-state index contributed by atoms with van der Waals surface area (Å²) in [5.41, 5.74) is 2.31. The first kappa shape index (κ1) is 17.0. The maximum atomic E-state index is 11.4. The van der Waals surface area contributed by atoms with Gasteiger partial charge in [0, 0.05) is 36.3 Å². The van der Waals surface area contributed by atoms with Crippen LogP contribution in [0.2, 0.25) is 0 Å². The number of hydrogen-bond acceptors (Lipinski definition) is 3. The number of anilines is 1. The van der Waals surface area contributed by atoms with Gasteiger partial charge in [-0.3, -0.25) is 4.79 Å². The van der Waals surface area contributed by atoms with Crippen LogP contribution in [0.15, 0.2) is 22.7 Å². The van der Waals surface area contributed by atoms with Gasteiger partial charge >= 0.3 is 0 Å². The van der Waals surface area contributed by atoms with Gasteiger partial charge in [0.05, 0.1) is 6.54 Å². The number of likely N-dealkylation sites (N-methyl/N-ethyl adjacent to an activating group) is 2. The molecule has 2 N–H and O–H groups in total. The van der Waals surface area contributed by atoms with Crippen LogP contribution in [0, 0.1) is 0 Å². The molecule has 1 amide bonds. The Morgan fingerprint density at radius 3 is 2.50 bits per heavy atom. The van der Waals surface area contributed by atoms with Crippen molar-refractivity contribution in [3.8, 4) is 0 Å². The molecule has 20 heavy (non-hydrogen) atoms. The highest BCUT2D eigenvalue weighted by Crippen LogP contribution is 2.24. The quantitative estimate of drug-likeness (QED) is 0.864. The molecule has 0 aliphatic heterocycles. The van der Waals surface area contributed by atoms with Crippen molar-refractivity contribution >= 4 is 27.5 Å². The van der Waals surface area contributed by atoms with E-state index in [-0.39, 0.29) is 11.4 Å². The highest BCUT2D eigenvalue weighted by Gasteiger charge is 2.11. The Morgan fingerprint density at radius 2 is 2.00 bits per heavy atom. The molecule has 0 atom stereocenters. The van der Waals surface area contributed by atoms with Crippen LogP contribution in [0.1, 0.15) is 26.3 Å². The number of hydrogen-bond donors (Lipinski definition) is 2. The van der Waals surface area contributed by atoms with Gasteiger partial charge in [-0.15, -0.1) is 0 Å². The fraction of sp³-hybridized carbons (Fsp3) is 0.533. The molecule has 0 aliphatic carbocycles. The number of nitrogens with one attached hydrogen (secondary N) is 2. The van der Waals surface area contributed by atoms with E-state index in [1.165, 1.54) is 5.56 Å². The van der Waals surface area contributed by atoms with Crippen molar-refractivity contribution in [3.63, 3.8) is 0 Å². The Labute approximate surface area is 130 Å². The van der Waals surface area contributed by atoms with Crippen molar-refractivity contribution in [1.29, 1.82) is 0 Å². The number of carbonyl (C=O) groups is 1. The van der Waals surface area contributed by atoms with Gasteiger partial charge in [0.1, 0.15) is 0 Å². The standard InChI is InChI=1S/C15H24BrN3O/c1-15(2,3)18-9-11-6-7-12(8-13(11)16)19(5)10-14(20)17-4/h6-8,18H,9-10H2,1-5H3,(H,17,20). The van der Waals surface area contributed by atoms with Crippen LogP contribution in [0.4, 0.5) is 5.69 Å². The van der Waals surface area contributed by atoms with E-state index in [2.05, 4.69) is 53.4 Å². The van der Waals surface area contributed by atoms with Gasteiger partial charge in [-0.2, -0.15) is 0 Å².